The monoisotopic (exact) mass is 329 g/mol. The number of anilines is 1. The van der Waals surface area contributed by atoms with Crippen molar-refractivity contribution in [3.05, 3.63) is 54.6 Å². The summed E-state index contributed by atoms with van der Waals surface area (Å²) >= 11 is 0. The van der Waals surface area contributed by atoms with E-state index in [-0.39, 0.29) is 13.2 Å². The van der Waals surface area contributed by atoms with Gasteiger partial charge in [-0.2, -0.15) is 0 Å². The van der Waals surface area contributed by atoms with Gasteiger partial charge in [0, 0.05) is 24.8 Å². The number of ether oxygens (including phenoxy) is 3. The van der Waals surface area contributed by atoms with Gasteiger partial charge in [0.25, 0.3) is 0 Å². The number of benzene rings is 2. The molecule has 0 heterocycles. The molecule has 2 aromatic carbocycles. The Bertz CT molecular complexity index is 626. The van der Waals surface area contributed by atoms with Crippen LogP contribution in [0.4, 0.5) is 10.5 Å². The van der Waals surface area contributed by atoms with Gasteiger partial charge in [-0.15, -0.1) is 0 Å². The second-order valence-electron chi connectivity index (χ2n) is 5.03. The first-order chi connectivity index (χ1) is 11.7. The number of carbonyl (C=O) groups excluding carboxylic acids is 1. The van der Waals surface area contributed by atoms with Crippen LogP contribution in [0.1, 0.15) is 13.8 Å². The van der Waals surface area contributed by atoms with Gasteiger partial charge in [0.1, 0.15) is 24.7 Å². The molecule has 0 aliphatic rings. The average molecular weight is 329 g/mol. The van der Waals surface area contributed by atoms with Crippen molar-refractivity contribution in [2.75, 3.05) is 31.2 Å². The Morgan fingerprint density at radius 2 is 1.62 bits per heavy atom. The number of nitrogens with zero attached hydrogens (tertiary/aromatic N) is 1. The Hall–Kier alpha value is -2.69. The van der Waals surface area contributed by atoms with Crippen molar-refractivity contribution < 1.29 is 19.0 Å². The zero-order valence-corrected chi connectivity index (χ0v) is 14.1. The summed E-state index contributed by atoms with van der Waals surface area (Å²) in [4.78, 5) is 13.8. The highest BCUT2D eigenvalue weighted by molar-refractivity contribution is 5.63. The maximum absolute atomic E-state index is 11.5. The molecule has 0 bridgehead atoms. The summed E-state index contributed by atoms with van der Waals surface area (Å²) < 4.78 is 15.6. The molecule has 2 rings (SSSR count). The minimum Gasteiger partial charge on any atom is -0.490 e. The Morgan fingerprint density at radius 1 is 0.917 bits per heavy atom. The minimum absolute atomic E-state index is 0.126. The van der Waals surface area contributed by atoms with E-state index in [1.54, 1.807) is 24.3 Å². The van der Waals surface area contributed by atoms with Gasteiger partial charge in [-0.1, -0.05) is 24.3 Å². The predicted molar refractivity (Wildman–Crippen MR) is 93.9 cm³/mol. The van der Waals surface area contributed by atoms with Gasteiger partial charge >= 0.3 is 6.16 Å². The molecule has 5 heteroatoms. The van der Waals surface area contributed by atoms with Gasteiger partial charge in [-0.05, 0) is 38.1 Å². The molecule has 0 amide bonds. The highest BCUT2D eigenvalue weighted by Gasteiger charge is 2.06. The Balaban J connectivity index is 1.74. The number of para-hydroxylation sites is 1. The van der Waals surface area contributed by atoms with Crippen molar-refractivity contribution in [2.45, 2.75) is 13.8 Å². The van der Waals surface area contributed by atoms with E-state index in [0.29, 0.717) is 5.75 Å². The predicted octanol–water partition coefficient (Wildman–Crippen LogP) is 4.13. The maximum atomic E-state index is 11.5. The van der Waals surface area contributed by atoms with Crippen molar-refractivity contribution >= 4 is 11.8 Å². The molecule has 0 N–H and O–H groups in total. The zero-order chi connectivity index (χ0) is 17.2. The van der Waals surface area contributed by atoms with E-state index in [4.69, 9.17) is 14.2 Å². The summed E-state index contributed by atoms with van der Waals surface area (Å²) in [6, 6.07) is 16.7. The fourth-order valence-electron chi connectivity index (χ4n) is 2.26. The molecule has 0 saturated carbocycles. The van der Waals surface area contributed by atoms with E-state index < -0.39 is 6.16 Å². The summed E-state index contributed by atoms with van der Waals surface area (Å²) in [5, 5.41) is 0. The summed E-state index contributed by atoms with van der Waals surface area (Å²) in [5.41, 5.74) is 1.11. The number of carbonyl (C=O) groups is 1. The highest BCUT2D eigenvalue weighted by Crippen LogP contribution is 2.20. The van der Waals surface area contributed by atoms with Gasteiger partial charge in [0.15, 0.2) is 0 Å². The molecule has 0 radical (unpaired) electrons. The van der Waals surface area contributed by atoms with Crippen LogP contribution in [0.3, 0.4) is 0 Å². The molecular formula is C19H23NO4. The molecule has 128 valence electrons. The molecule has 0 aliphatic heterocycles. The van der Waals surface area contributed by atoms with E-state index in [1.807, 2.05) is 30.3 Å². The highest BCUT2D eigenvalue weighted by atomic mass is 16.7. The van der Waals surface area contributed by atoms with Gasteiger partial charge in [-0.3, -0.25) is 0 Å². The van der Waals surface area contributed by atoms with Crippen LogP contribution in [-0.4, -0.2) is 32.5 Å². The van der Waals surface area contributed by atoms with Crippen LogP contribution in [0.25, 0.3) is 0 Å². The van der Waals surface area contributed by atoms with E-state index in [1.165, 1.54) is 0 Å². The lowest BCUT2D eigenvalue weighted by Gasteiger charge is -2.21. The molecule has 0 spiro atoms. The van der Waals surface area contributed by atoms with Crippen molar-refractivity contribution in [3.8, 4) is 11.5 Å². The number of hydrogen-bond acceptors (Lipinski definition) is 5. The van der Waals surface area contributed by atoms with Crippen LogP contribution >= 0.6 is 0 Å². The third kappa shape index (κ3) is 5.50. The lowest BCUT2D eigenvalue weighted by Crippen LogP contribution is -2.21. The third-order valence-corrected chi connectivity index (χ3v) is 3.46. The average Bonchev–Trinajstić information content (AvgIpc) is 2.61. The number of rotatable bonds is 8. The summed E-state index contributed by atoms with van der Waals surface area (Å²) in [6.07, 6.45) is -0.735. The van der Waals surface area contributed by atoms with Gasteiger partial charge in [0.2, 0.25) is 0 Å². The SMILES string of the molecule is CCN(CC)c1cccc(OCCOC(=O)Oc2ccccc2)c1. The Kier molecular flexibility index (Phi) is 6.95. The molecule has 24 heavy (non-hydrogen) atoms. The third-order valence-electron chi connectivity index (χ3n) is 3.46. The molecule has 0 atom stereocenters. The molecule has 0 unspecified atom stereocenters. The Labute approximate surface area is 142 Å². The van der Waals surface area contributed by atoms with E-state index in [2.05, 4.69) is 18.7 Å². The van der Waals surface area contributed by atoms with Crippen LogP contribution in [0.15, 0.2) is 54.6 Å². The summed E-state index contributed by atoms with van der Waals surface area (Å²) in [5.74, 6) is 1.20. The van der Waals surface area contributed by atoms with Crippen molar-refractivity contribution in [1.29, 1.82) is 0 Å². The molecule has 0 fully saturated rings. The van der Waals surface area contributed by atoms with Gasteiger partial charge < -0.3 is 19.1 Å². The quantitative estimate of drug-likeness (QED) is 0.414. The first kappa shape index (κ1) is 17.7. The van der Waals surface area contributed by atoms with Crippen LogP contribution in [0, 0.1) is 0 Å². The summed E-state index contributed by atoms with van der Waals surface area (Å²) in [6.45, 7) is 6.50. The topological polar surface area (TPSA) is 48.0 Å². The second kappa shape index (κ2) is 9.45. The Morgan fingerprint density at radius 3 is 2.33 bits per heavy atom. The van der Waals surface area contributed by atoms with Crippen LogP contribution in [0.2, 0.25) is 0 Å². The molecule has 5 nitrogen and oxygen atoms in total. The fraction of sp³-hybridized carbons (Fsp3) is 0.316. The smallest absolute Gasteiger partial charge is 0.490 e. The lowest BCUT2D eigenvalue weighted by molar-refractivity contribution is 0.0848. The summed E-state index contributed by atoms with van der Waals surface area (Å²) in [7, 11) is 0. The first-order valence-corrected chi connectivity index (χ1v) is 8.10. The van der Waals surface area contributed by atoms with Crippen molar-refractivity contribution in [3.63, 3.8) is 0 Å². The molecule has 0 aliphatic carbocycles. The van der Waals surface area contributed by atoms with Crippen LogP contribution < -0.4 is 14.4 Å². The zero-order valence-electron chi connectivity index (χ0n) is 14.1. The molecule has 0 aromatic heterocycles. The second-order valence-corrected chi connectivity index (χ2v) is 5.03. The van der Waals surface area contributed by atoms with Gasteiger partial charge in [0.05, 0.1) is 0 Å². The normalized spacial score (nSPS) is 10.1. The van der Waals surface area contributed by atoms with E-state index in [9.17, 15) is 4.79 Å². The number of hydrogen-bond donors (Lipinski definition) is 0. The molecule has 0 saturated heterocycles. The fourth-order valence-corrected chi connectivity index (χ4v) is 2.26. The van der Waals surface area contributed by atoms with Crippen molar-refractivity contribution in [1.82, 2.24) is 0 Å². The largest absolute Gasteiger partial charge is 0.513 e. The van der Waals surface area contributed by atoms with E-state index in [0.717, 1.165) is 24.5 Å². The first-order valence-electron chi connectivity index (χ1n) is 8.10. The minimum atomic E-state index is -0.735. The molecule has 2 aromatic rings. The lowest BCUT2D eigenvalue weighted by atomic mass is 10.2. The van der Waals surface area contributed by atoms with Gasteiger partial charge in [-0.25, -0.2) is 4.79 Å². The standard InChI is InChI=1S/C19H23NO4/c1-3-20(4-2)16-9-8-12-18(15-16)22-13-14-23-19(21)24-17-10-6-5-7-11-17/h5-12,15H,3-4,13-14H2,1-2H3. The van der Waals surface area contributed by atoms with E-state index >= 15 is 0 Å². The van der Waals surface area contributed by atoms with Crippen LogP contribution in [-0.2, 0) is 4.74 Å². The van der Waals surface area contributed by atoms with Crippen molar-refractivity contribution in [2.24, 2.45) is 0 Å². The maximum Gasteiger partial charge on any atom is 0.513 e. The molecular weight excluding hydrogens is 306 g/mol. The van der Waals surface area contributed by atoms with Crippen LogP contribution in [0.5, 0.6) is 11.5 Å².